The van der Waals surface area contributed by atoms with Crippen molar-refractivity contribution in [3.8, 4) is 0 Å². The first kappa shape index (κ1) is 11.0. The van der Waals surface area contributed by atoms with Crippen molar-refractivity contribution in [2.45, 2.75) is 6.92 Å². The summed E-state index contributed by atoms with van der Waals surface area (Å²) in [6.45, 7) is 1.58. The molecular formula is C9H10N2O4. The topological polar surface area (TPSA) is 81.2 Å². The van der Waals surface area contributed by atoms with Crippen LogP contribution in [0.3, 0.4) is 0 Å². The molecule has 0 radical (unpaired) electrons. The number of aromatic nitrogens is 2. The van der Waals surface area contributed by atoms with Crippen LogP contribution in [0.25, 0.3) is 6.20 Å². The van der Waals surface area contributed by atoms with E-state index in [1.165, 1.54) is 19.4 Å². The van der Waals surface area contributed by atoms with Crippen molar-refractivity contribution in [2.24, 2.45) is 0 Å². The monoisotopic (exact) mass is 210 g/mol. The van der Waals surface area contributed by atoms with Crippen molar-refractivity contribution in [1.82, 2.24) is 9.55 Å². The number of esters is 1. The number of nitrogens with one attached hydrogen (secondary N) is 1. The van der Waals surface area contributed by atoms with Crippen LogP contribution in [-0.4, -0.2) is 22.6 Å². The van der Waals surface area contributed by atoms with Gasteiger partial charge in [0.1, 0.15) is 0 Å². The van der Waals surface area contributed by atoms with Gasteiger partial charge in [-0.2, -0.15) is 0 Å². The highest BCUT2D eigenvalue weighted by Gasteiger charge is 1.99. The average Bonchev–Trinajstić information content (AvgIpc) is 2.15. The lowest BCUT2D eigenvalue weighted by Gasteiger charge is -2.01. The lowest BCUT2D eigenvalue weighted by molar-refractivity contribution is -0.134. The van der Waals surface area contributed by atoms with Gasteiger partial charge in [0.2, 0.25) is 0 Å². The molecule has 0 aliphatic carbocycles. The molecule has 6 nitrogen and oxygen atoms in total. The van der Waals surface area contributed by atoms with Gasteiger partial charge in [0, 0.05) is 24.0 Å². The Labute approximate surface area is 84.8 Å². The Morgan fingerprint density at radius 3 is 2.73 bits per heavy atom. The van der Waals surface area contributed by atoms with Gasteiger partial charge in [0.15, 0.2) is 0 Å². The number of hydrogen-bond acceptors (Lipinski definition) is 4. The molecule has 1 N–H and O–H groups in total. The third-order valence-electron chi connectivity index (χ3n) is 1.73. The first-order valence-electron chi connectivity index (χ1n) is 4.13. The Balaban J connectivity index is 3.16. The number of aryl methyl sites for hydroxylation is 1. The fraction of sp³-hybridized carbons (Fsp3) is 0.222. The van der Waals surface area contributed by atoms with Crippen LogP contribution in [0.1, 0.15) is 5.69 Å². The van der Waals surface area contributed by atoms with Crippen molar-refractivity contribution in [2.75, 3.05) is 7.11 Å². The predicted molar refractivity (Wildman–Crippen MR) is 53.4 cm³/mol. The number of carbonyl (C=O) groups is 1. The average molecular weight is 210 g/mol. The van der Waals surface area contributed by atoms with Crippen LogP contribution in [0.15, 0.2) is 21.7 Å². The molecule has 15 heavy (non-hydrogen) atoms. The Hall–Kier alpha value is -2.11. The minimum Gasteiger partial charge on any atom is -0.466 e. The van der Waals surface area contributed by atoms with E-state index in [0.717, 1.165) is 10.6 Å². The van der Waals surface area contributed by atoms with Crippen molar-refractivity contribution in [3.63, 3.8) is 0 Å². The molecule has 0 atom stereocenters. The number of hydrogen-bond donors (Lipinski definition) is 1. The predicted octanol–water partition coefficient (Wildman–Crippen LogP) is -0.511. The van der Waals surface area contributed by atoms with E-state index in [1.807, 2.05) is 0 Å². The molecule has 0 unspecified atom stereocenters. The zero-order valence-electron chi connectivity index (χ0n) is 8.31. The lowest BCUT2D eigenvalue weighted by Crippen LogP contribution is -2.28. The number of carbonyl (C=O) groups excluding carboxylic acids is 1. The van der Waals surface area contributed by atoms with Crippen LogP contribution < -0.4 is 11.2 Å². The first-order valence-corrected chi connectivity index (χ1v) is 4.13. The van der Waals surface area contributed by atoms with Crippen molar-refractivity contribution in [3.05, 3.63) is 38.7 Å². The summed E-state index contributed by atoms with van der Waals surface area (Å²) in [6.07, 6.45) is 2.33. The molecule has 1 rings (SSSR count). The molecule has 1 aromatic rings. The second-order valence-corrected chi connectivity index (χ2v) is 2.79. The summed E-state index contributed by atoms with van der Waals surface area (Å²) in [5.74, 6) is -0.576. The summed E-state index contributed by atoms with van der Waals surface area (Å²) >= 11 is 0. The summed E-state index contributed by atoms with van der Waals surface area (Å²) < 4.78 is 5.50. The number of rotatable bonds is 2. The van der Waals surface area contributed by atoms with E-state index in [4.69, 9.17) is 0 Å². The van der Waals surface area contributed by atoms with Crippen molar-refractivity contribution >= 4 is 12.2 Å². The highest BCUT2D eigenvalue weighted by molar-refractivity contribution is 5.84. The highest BCUT2D eigenvalue weighted by Crippen LogP contribution is 1.90. The maximum absolute atomic E-state index is 11.3. The molecule has 0 fully saturated rings. The minimum absolute atomic E-state index is 0.434. The Morgan fingerprint density at radius 2 is 2.20 bits per heavy atom. The minimum atomic E-state index is -0.597. The normalized spacial score (nSPS) is 10.5. The summed E-state index contributed by atoms with van der Waals surface area (Å²) in [4.78, 5) is 35.0. The van der Waals surface area contributed by atoms with Gasteiger partial charge < -0.3 is 4.74 Å². The Bertz CT molecular complexity index is 510. The molecule has 0 spiro atoms. The molecule has 0 saturated heterocycles. The summed E-state index contributed by atoms with van der Waals surface area (Å²) in [7, 11) is 1.23. The number of nitrogens with zero attached hydrogens (tertiary/aromatic N) is 1. The van der Waals surface area contributed by atoms with Gasteiger partial charge in [-0.25, -0.2) is 9.59 Å². The quantitative estimate of drug-likeness (QED) is 0.526. The zero-order valence-corrected chi connectivity index (χ0v) is 8.31. The summed E-state index contributed by atoms with van der Waals surface area (Å²) in [5.41, 5.74) is -0.635. The molecule has 0 aromatic carbocycles. The van der Waals surface area contributed by atoms with Crippen LogP contribution in [-0.2, 0) is 9.53 Å². The largest absolute Gasteiger partial charge is 0.466 e. The van der Waals surface area contributed by atoms with Crippen LogP contribution in [0, 0.1) is 6.92 Å². The van der Waals surface area contributed by atoms with Crippen molar-refractivity contribution < 1.29 is 9.53 Å². The zero-order chi connectivity index (χ0) is 11.4. The van der Waals surface area contributed by atoms with E-state index in [1.54, 1.807) is 6.92 Å². The van der Waals surface area contributed by atoms with Gasteiger partial charge in [-0.15, -0.1) is 0 Å². The number of H-pyrrole nitrogens is 1. The smallest absolute Gasteiger partial charge is 0.332 e. The lowest BCUT2D eigenvalue weighted by atomic mass is 10.4. The van der Waals surface area contributed by atoms with Gasteiger partial charge in [-0.1, -0.05) is 0 Å². The number of methoxy groups -OCH3 is 1. The van der Waals surface area contributed by atoms with E-state index >= 15 is 0 Å². The van der Waals surface area contributed by atoms with Gasteiger partial charge in [0.05, 0.1) is 7.11 Å². The molecule has 1 heterocycles. The highest BCUT2D eigenvalue weighted by atomic mass is 16.5. The standard InChI is InChI=1S/C9H10N2O4/c1-6-5-7(12)10-9(14)11(6)4-3-8(13)15-2/h3-5H,1-2H3,(H,10,12,14). The van der Waals surface area contributed by atoms with E-state index in [0.29, 0.717) is 5.69 Å². The van der Waals surface area contributed by atoms with Crippen molar-refractivity contribution in [1.29, 1.82) is 0 Å². The summed E-state index contributed by atoms with van der Waals surface area (Å²) in [5, 5.41) is 0. The van der Waals surface area contributed by atoms with E-state index in [-0.39, 0.29) is 0 Å². The summed E-state index contributed by atoms with van der Waals surface area (Å²) in [6, 6.07) is 1.25. The molecule has 0 aliphatic heterocycles. The number of aromatic amines is 1. The SMILES string of the molecule is COC(=O)C=Cn1c(C)cc(=O)[nH]c1=O. The van der Waals surface area contributed by atoms with E-state index in [9.17, 15) is 14.4 Å². The van der Waals surface area contributed by atoms with E-state index < -0.39 is 17.2 Å². The van der Waals surface area contributed by atoms with Gasteiger partial charge in [-0.3, -0.25) is 14.3 Å². The molecule has 0 bridgehead atoms. The third-order valence-corrected chi connectivity index (χ3v) is 1.73. The maximum Gasteiger partial charge on any atom is 0.332 e. The molecule has 0 saturated carbocycles. The molecule has 1 aromatic heterocycles. The second-order valence-electron chi connectivity index (χ2n) is 2.79. The number of ether oxygens (including phenoxy) is 1. The van der Waals surface area contributed by atoms with Gasteiger partial charge in [-0.05, 0) is 6.92 Å². The fourth-order valence-corrected chi connectivity index (χ4v) is 1.01. The van der Waals surface area contributed by atoms with Crippen LogP contribution in [0.4, 0.5) is 0 Å². The first-order chi connectivity index (χ1) is 7.04. The van der Waals surface area contributed by atoms with Gasteiger partial charge in [0.25, 0.3) is 5.56 Å². The van der Waals surface area contributed by atoms with Crippen LogP contribution in [0.2, 0.25) is 0 Å². The molecule has 0 aliphatic rings. The Kier molecular flexibility index (Phi) is 3.22. The molecule has 0 amide bonds. The fourth-order valence-electron chi connectivity index (χ4n) is 1.01. The van der Waals surface area contributed by atoms with E-state index in [2.05, 4.69) is 9.72 Å². The maximum atomic E-state index is 11.3. The Morgan fingerprint density at radius 1 is 1.53 bits per heavy atom. The van der Waals surface area contributed by atoms with Gasteiger partial charge >= 0.3 is 11.7 Å². The molecule has 80 valence electrons. The molecular weight excluding hydrogens is 200 g/mol. The van der Waals surface area contributed by atoms with Crippen LogP contribution in [0.5, 0.6) is 0 Å². The van der Waals surface area contributed by atoms with Crippen LogP contribution >= 0.6 is 0 Å². The molecule has 6 heteroatoms. The third kappa shape index (κ3) is 2.67. The second kappa shape index (κ2) is 4.41.